The van der Waals surface area contributed by atoms with Crippen LogP contribution in [0.4, 0.5) is 0 Å². The molecule has 1 amide bonds. The molecule has 0 spiro atoms. The molecule has 142 valence electrons. The van der Waals surface area contributed by atoms with Gasteiger partial charge in [-0.2, -0.15) is 0 Å². The summed E-state index contributed by atoms with van der Waals surface area (Å²) in [6.07, 6.45) is 9.79. The summed E-state index contributed by atoms with van der Waals surface area (Å²) in [6.45, 7) is 3.72. The van der Waals surface area contributed by atoms with Gasteiger partial charge in [0.2, 0.25) is 5.91 Å². The van der Waals surface area contributed by atoms with E-state index in [4.69, 9.17) is 4.74 Å². The monoisotopic (exact) mass is 358 g/mol. The molecular formula is C21H30N2O3. The molecule has 1 saturated carbocycles. The third-order valence-electron chi connectivity index (χ3n) is 6.32. The molecule has 26 heavy (non-hydrogen) atoms. The zero-order valence-electron chi connectivity index (χ0n) is 15.8. The van der Waals surface area contributed by atoms with E-state index in [1.54, 1.807) is 0 Å². The maximum absolute atomic E-state index is 12.7. The summed E-state index contributed by atoms with van der Waals surface area (Å²) in [5, 5.41) is 3.17. The van der Waals surface area contributed by atoms with Gasteiger partial charge in [0.15, 0.2) is 5.78 Å². The molecule has 2 heterocycles. The maximum atomic E-state index is 12.7. The van der Waals surface area contributed by atoms with E-state index in [0.29, 0.717) is 18.9 Å². The lowest BCUT2D eigenvalue weighted by Crippen LogP contribution is -2.34. The summed E-state index contributed by atoms with van der Waals surface area (Å²) in [6, 6.07) is 0.323. The first-order valence-electron chi connectivity index (χ1n) is 10.3. The fraction of sp³-hybridized carbons (Fsp3) is 0.714. The molecule has 0 radical (unpaired) electrons. The predicted octanol–water partition coefficient (Wildman–Crippen LogP) is 3.10. The number of fused-ring (bicyclic) bond motifs is 1. The van der Waals surface area contributed by atoms with Crippen molar-refractivity contribution in [1.29, 1.82) is 0 Å². The fourth-order valence-corrected chi connectivity index (χ4v) is 4.95. The third-order valence-corrected chi connectivity index (χ3v) is 6.32. The first-order chi connectivity index (χ1) is 12.6. The van der Waals surface area contributed by atoms with Gasteiger partial charge in [0, 0.05) is 42.6 Å². The molecule has 0 aromatic carbocycles. The number of Topliss-reactive ketones (excluding diaryl/α,β-unsaturated/α-hetero) is 1. The van der Waals surface area contributed by atoms with Crippen LogP contribution < -0.4 is 5.32 Å². The van der Waals surface area contributed by atoms with Crippen LogP contribution in [0.5, 0.6) is 0 Å². The molecule has 2 fully saturated rings. The molecule has 1 saturated heterocycles. The van der Waals surface area contributed by atoms with Crippen LogP contribution in [0, 0.1) is 6.92 Å². The number of carbonyl (C=O) groups is 2. The van der Waals surface area contributed by atoms with Crippen LogP contribution in [0.1, 0.15) is 78.7 Å². The molecule has 1 aromatic heterocycles. The standard InChI is InChI=1S/C21H30N2O3/c1-14-17(12-20(25)22-15-6-2-3-7-15)21-18(9-4-10-19(21)24)23(14)13-16-8-5-11-26-16/h15-16H,2-13H2,1H3,(H,22,25). The van der Waals surface area contributed by atoms with Gasteiger partial charge < -0.3 is 14.6 Å². The van der Waals surface area contributed by atoms with Gasteiger partial charge in [0.25, 0.3) is 0 Å². The van der Waals surface area contributed by atoms with Gasteiger partial charge in [-0.05, 0) is 51.0 Å². The number of rotatable bonds is 5. The van der Waals surface area contributed by atoms with Crippen molar-refractivity contribution >= 4 is 11.7 Å². The second kappa shape index (κ2) is 7.55. The van der Waals surface area contributed by atoms with E-state index in [0.717, 1.165) is 74.2 Å². The predicted molar refractivity (Wildman–Crippen MR) is 99.5 cm³/mol. The minimum Gasteiger partial charge on any atom is -0.376 e. The van der Waals surface area contributed by atoms with Crippen molar-refractivity contribution in [2.45, 2.75) is 89.8 Å². The van der Waals surface area contributed by atoms with Gasteiger partial charge >= 0.3 is 0 Å². The van der Waals surface area contributed by atoms with Crippen LogP contribution in [-0.4, -0.2) is 35.0 Å². The smallest absolute Gasteiger partial charge is 0.224 e. The average molecular weight is 358 g/mol. The highest BCUT2D eigenvalue weighted by molar-refractivity contribution is 6.01. The highest BCUT2D eigenvalue weighted by atomic mass is 16.5. The number of hydrogen-bond donors (Lipinski definition) is 1. The SMILES string of the molecule is Cc1c(CC(=O)NC2CCCC2)c2c(n1CC1CCCO1)CCCC2=O. The van der Waals surface area contributed by atoms with Gasteiger partial charge in [-0.3, -0.25) is 9.59 Å². The van der Waals surface area contributed by atoms with Crippen molar-refractivity contribution in [2.24, 2.45) is 0 Å². The van der Waals surface area contributed by atoms with Crippen LogP contribution >= 0.6 is 0 Å². The molecule has 5 nitrogen and oxygen atoms in total. The molecular weight excluding hydrogens is 328 g/mol. The largest absolute Gasteiger partial charge is 0.376 e. The molecule has 1 atom stereocenters. The summed E-state index contributed by atoms with van der Waals surface area (Å²) in [7, 11) is 0. The molecule has 1 N–H and O–H groups in total. The number of hydrogen-bond acceptors (Lipinski definition) is 3. The first kappa shape index (κ1) is 17.8. The Balaban J connectivity index is 1.59. The lowest BCUT2D eigenvalue weighted by Gasteiger charge is -2.18. The maximum Gasteiger partial charge on any atom is 0.224 e. The Morgan fingerprint density at radius 2 is 1.96 bits per heavy atom. The minimum atomic E-state index is 0.0652. The Labute approximate surface area is 155 Å². The summed E-state index contributed by atoms with van der Waals surface area (Å²) in [5.74, 6) is 0.277. The lowest BCUT2D eigenvalue weighted by molar-refractivity contribution is -0.121. The fourth-order valence-electron chi connectivity index (χ4n) is 4.95. The molecule has 2 aliphatic carbocycles. The van der Waals surface area contributed by atoms with E-state index in [1.165, 1.54) is 12.8 Å². The number of nitrogens with zero attached hydrogens (tertiary/aromatic N) is 1. The number of ether oxygens (including phenoxy) is 1. The average Bonchev–Trinajstić information content (AvgIpc) is 3.35. The van der Waals surface area contributed by atoms with Crippen molar-refractivity contribution in [2.75, 3.05) is 6.61 Å². The highest BCUT2D eigenvalue weighted by Crippen LogP contribution is 2.32. The molecule has 1 aliphatic heterocycles. The Bertz CT molecular complexity index is 695. The van der Waals surface area contributed by atoms with E-state index in [9.17, 15) is 9.59 Å². The van der Waals surface area contributed by atoms with Crippen molar-refractivity contribution in [1.82, 2.24) is 9.88 Å². The number of amides is 1. The van der Waals surface area contributed by atoms with Gasteiger partial charge in [-0.25, -0.2) is 0 Å². The quantitative estimate of drug-likeness (QED) is 0.880. The summed E-state index contributed by atoms with van der Waals surface area (Å²) in [5.41, 5.74) is 4.02. The van der Waals surface area contributed by atoms with Crippen LogP contribution in [0.3, 0.4) is 0 Å². The Morgan fingerprint density at radius 3 is 2.69 bits per heavy atom. The normalized spacial score (nSPS) is 23.4. The van der Waals surface area contributed by atoms with E-state index in [-0.39, 0.29) is 17.8 Å². The zero-order valence-corrected chi connectivity index (χ0v) is 15.8. The molecule has 0 bridgehead atoms. The van der Waals surface area contributed by atoms with Gasteiger partial charge in [-0.15, -0.1) is 0 Å². The third kappa shape index (κ3) is 3.46. The van der Waals surface area contributed by atoms with Crippen LogP contribution in [0.25, 0.3) is 0 Å². The van der Waals surface area contributed by atoms with Crippen LogP contribution in [-0.2, 0) is 28.9 Å². The number of carbonyl (C=O) groups excluding carboxylic acids is 2. The topological polar surface area (TPSA) is 60.3 Å². The zero-order chi connectivity index (χ0) is 18.1. The van der Waals surface area contributed by atoms with Crippen molar-refractivity contribution in [3.63, 3.8) is 0 Å². The van der Waals surface area contributed by atoms with Crippen molar-refractivity contribution in [3.8, 4) is 0 Å². The van der Waals surface area contributed by atoms with Crippen LogP contribution in [0.15, 0.2) is 0 Å². The van der Waals surface area contributed by atoms with Gasteiger partial charge in [-0.1, -0.05) is 12.8 Å². The summed E-state index contributed by atoms with van der Waals surface area (Å²) < 4.78 is 8.10. The second-order valence-electron chi connectivity index (χ2n) is 8.13. The highest BCUT2D eigenvalue weighted by Gasteiger charge is 2.31. The Kier molecular flexibility index (Phi) is 5.16. The second-order valence-corrected chi connectivity index (χ2v) is 8.13. The number of aromatic nitrogens is 1. The molecule has 1 unspecified atom stereocenters. The number of ketones is 1. The Hall–Kier alpha value is -1.62. The summed E-state index contributed by atoms with van der Waals surface area (Å²) in [4.78, 5) is 25.3. The van der Waals surface area contributed by atoms with E-state index >= 15 is 0 Å². The Morgan fingerprint density at radius 1 is 1.15 bits per heavy atom. The van der Waals surface area contributed by atoms with E-state index in [1.807, 2.05) is 0 Å². The first-order valence-corrected chi connectivity index (χ1v) is 10.3. The molecule has 5 heteroatoms. The number of nitrogens with one attached hydrogen (secondary N) is 1. The van der Waals surface area contributed by atoms with Crippen molar-refractivity contribution in [3.05, 3.63) is 22.5 Å². The van der Waals surface area contributed by atoms with Crippen molar-refractivity contribution < 1.29 is 14.3 Å². The molecule has 4 rings (SSSR count). The van der Waals surface area contributed by atoms with Gasteiger partial charge in [0.05, 0.1) is 12.5 Å². The summed E-state index contributed by atoms with van der Waals surface area (Å²) >= 11 is 0. The lowest BCUT2D eigenvalue weighted by atomic mass is 9.92. The van der Waals surface area contributed by atoms with Gasteiger partial charge in [0.1, 0.15) is 0 Å². The van der Waals surface area contributed by atoms with Crippen LogP contribution in [0.2, 0.25) is 0 Å². The molecule has 1 aromatic rings. The van der Waals surface area contributed by atoms with E-state index < -0.39 is 0 Å². The van der Waals surface area contributed by atoms with E-state index in [2.05, 4.69) is 16.8 Å². The minimum absolute atomic E-state index is 0.0652. The molecule has 3 aliphatic rings.